The van der Waals surface area contributed by atoms with E-state index in [1.54, 1.807) is 4.68 Å². The molecule has 0 saturated heterocycles. The molecular weight excluding hydrogens is 332 g/mol. The number of amides is 1. The van der Waals surface area contributed by atoms with Crippen molar-refractivity contribution in [2.75, 3.05) is 6.54 Å². The lowest BCUT2D eigenvalue weighted by Crippen LogP contribution is -2.38. The zero-order valence-corrected chi connectivity index (χ0v) is 14.7. The highest BCUT2D eigenvalue weighted by molar-refractivity contribution is 5.77. The van der Waals surface area contributed by atoms with Gasteiger partial charge in [0.2, 0.25) is 5.91 Å². The Bertz CT molecular complexity index is 931. The molecule has 3 heterocycles. The van der Waals surface area contributed by atoms with E-state index in [0.717, 1.165) is 16.7 Å². The second-order valence-corrected chi connectivity index (χ2v) is 6.57. The van der Waals surface area contributed by atoms with E-state index in [-0.39, 0.29) is 5.91 Å². The molecule has 8 heteroatoms. The topological polar surface area (TPSA) is 89.1 Å². The fourth-order valence-corrected chi connectivity index (χ4v) is 3.32. The van der Waals surface area contributed by atoms with Crippen LogP contribution in [0.2, 0.25) is 0 Å². The third-order valence-corrected chi connectivity index (χ3v) is 4.86. The Morgan fingerprint density at radius 2 is 2.15 bits per heavy atom. The van der Waals surface area contributed by atoms with E-state index in [9.17, 15) is 9.90 Å². The monoisotopic (exact) mass is 354 g/mol. The van der Waals surface area contributed by atoms with Crippen molar-refractivity contribution in [2.45, 2.75) is 45.5 Å². The molecule has 8 nitrogen and oxygen atoms in total. The highest BCUT2D eigenvalue weighted by atomic mass is 16.3. The highest BCUT2D eigenvalue weighted by Crippen LogP contribution is 2.20. The van der Waals surface area contributed by atoms with Gasteiger partial charge in [0, 0.05) is 13.0 Å². The Labute approximate surface area is 151 Å². The number of aromatic nitrogens is 5. The Morgan fingerprint density at radius 3 is 3.00 bits per heavy atom. The number of rotatable bonds is 5. The fourth-order valence-electron chi connectivity index (χ4n) is 3.32. The summed E-state index contributed by atoms with van der Waals surface area (Å²) >= 11 is 0. The van der Waals surface area contributed by atoms with Gasteiger partial charge >= 0.3 is 0 Å². The zero-order chi connectivity index (χ0) is 18.1. The molecule has 3 aromatic rings. The number of nitrogens with zero attached hydrogens (tertiary/aromatic N) is 6. The number of aryl methyl sites for hydroxylation is 1. The van der Waals surface area contributed by atoms with Crippen LogP contribution in [-0.2, 0) is 24.4 Å². The smallest absolute Gasteiger partial charge is 0.224 e. The molecule has 0 saturated carbocycles. The van der Waals surface area contributed by atoms with Crippen LogP contribution >= 0.6 is 0 Å². The number of hydrogen-bond acceptors (Lipinski definition) is 5. The lowest BCUT2D eigenvalue weighted by atomic mass is 10.2. The van der Waals surface area contributed by atoms with Gasteiger partial charge in [-0.15, -0.1) is 5.10 Å². The van der Waals surface area contributed by atoms with Crippen LogP contribution in [0.1, 0.15) is 37.3 Å². The minimum atomic E-state index is -0.544. The summed E-state index contributed by atoms with van der Waals surface area (Å²) in [5.74, 6) is 0.0922. The van der Waals surface area contributed by atoms with Crippen LogP contribution in [0.15, 0.2) is 30.3 Å². The minimum Gasteiger partial charge on any atom is -0.387 e. The zero-order valence-electron chi connectivity index (χ0n) is 14.7. The van der Waals surface area contributed by atoms with Crippen LogP contribution < -0.4 is 0 Å². The Hall–Kier alpha value is -2.74. The first-order valence-corrected chi connectivity index (χ1v) is 8.96. The van der Waals surface area contributed by atoms with Gasteiger partial charge in [-0.1, -0.05) is 24.3 Å². The van der Waals surface area contributed by atoms with Gasteiger partial charge in [0.1, 0.15) is 5.52 Å². The fraction of sp³-hybridized carbons (Fsp3) is 0.444. The number of carbonyl (C=O) groups excluding carboxylic acids is 1. The average molecular weight is 354 g/mol. The van der Waals surface area contributed by atoms with Gasteiger partial charge in [-0.3, -0.25) is 9.48 Å². The number of hydrogen-bond donors (Lipinski definition) is 1. The van der Waals surface area contributed by atoms with Crippen molar-refractivity contribution in [3.8, 4) is 0 Å². The van der Waals surface area contributed by atoms with Crippen molar-refractivity contribution in [1.82, 2.24) is 29.7 Å². The molecule has 1 aliphatic rings. The summed E-state index contributed by atoms with van der Waals surface area (Å²) in [6.07, 6.45) is 0.467. The van der Waals surface area contributed by atoms with Gasteiger partial charge in [-0.2, -0.15) is 5.10 Å². The Morgan fingerprint density at radius 1 is 1.31 bits per heavy atom. The maximum atomic E-state index is 12.6. The molecule has 1 amide bonds. The van der Waals surface area contributed by atoms with E-state index < -0.39 is 6.10 Å². The van der Waals surface area contributed by atoms with Crippen molar-refractivity contribution in [3.63, 3.8) is 0 Å². The predicted octanol–water partition coefficient (Wildman–Crippen LogP) is 1.50. The summed E-state index contributed by atoms with van der Waals surface area (Å²) in [4.78, 5) is 14.5. The van der Waals surface area contributed by atoms with E-state index in [1.807, 2.05) is 46.8 Å². The average Bonchev–Trinajstić information content (AvgIpc) is 3.28. The summed E-state index contributed by atoms with van der Waals surface area (Å²) in [5, 5.41) is 22.7. The van der Waals surface area contributed by atoms with Crippen LogP contribution in [0.3, 0.4) is 0 Å². The first-order valence-electron chi connectivity index (χ1n) is 8.96. The number of carbonyl (C=O) groups is 1. The van der Waals surface area contributed by atoms with E-state index in [0.29, 0.717) is 44.7 Å². The molecule has 0 unspecified atom stereocenters. The maximum Gasteiger partial charge on any atom is 0.224 e. The number of benzene rings is 1. The van der Waals surface area contributed by atoms with Crippen molar-refractivity contribution < 1.29 is 9.90 Å². The second kappa shape index (κ2) is 6.87. The SMILES string of the molecule is CC[C@@H](O)c1cc2n(n1)CCN(C(=O)CCn1nnc3ccccc31)C2. The third-order valence-electron chi connectivity index (χ3n) is 4.86. The van der Waals surface area contributed by atoms with E-state index in [4.69, 9.17) is 0 Å². The first-order chi connectivity index (χ1) is 12.7. The summed E-state index contributed by atoms with van der Waals surface area (Å²) < 4.78 is 3.67. The molecule has 1 atom stereocenters. The molecule has 1 aromatic carbocycles. The van der Waals surface area contributed by atoms with Gasteiger partial charge in [0.05, 0.1) is 42.6 Å². The number of aliphatic hydroxyl groups is 1. The number of aliphatic hydroxyl groups excluding tert-OH is 1. The summed E-state index contributed by atoms with van der Waals surface area (Å²) in [6.45, 7) is 4.25. The number of fused-ring (bicyclic) bond motifs is 2. The third kappa shape index (κ3) is 3.08. The van der Waals surface area contributed by atoms with Gasteiger partial charge in [0.15, 0.2) is 0 Å². The van der Waals surface area contributed by atoms with Crippen molar-refractivity contribution in [3.05, 3.63) is 41.7 Å². The van der Waals surface area contributed by atoms with Gasteiger partial charge < -0.3 is 10.0 Å². The Kier molecular flexibility index (Phi) is 4.42. The predicted molar refractivity (Wildman–Crippen MR) is 95.0 cm³/mol. The summed E-state index contributed by atoms with van der Waals surface area (Å²) in [7, 11) is 0. The summed E-state index contributed by atoms with van der Waals surface area (Å²) in [5.41, 5.74) is 3.43. The Balaban J connectivity index is 1.40. The van der Waals surface area contributed by atoms with E-state index in [2.05, 4.69) is 15.4 Å². The summed E-state index contributed by atoms with van der Waals surface area (Å²) in [6, 6.07) is 9.64. The van der Waals surface area contributed by atoms with Gasteiger partial charge in [-0.25, -0.2) is 4.68 Å². The molecule has 0 bridgehead atoms. The molecule has 2 aromatic heterocycles. The molecule has 0 fully saturated rings. The highest BCUT2D eigenvalue weighted by Gasteiger charge is 2.23. The van der Waals surface area contributed by atoms with Gasteiger partial charge in [-0.05, 0) is 24.6 Å². The molecule has 1 N–H and O–H groups in total. The molecule has 136 valence electrons. The van der Waals surface area contributed by atoms with Crippen LogP contribution in [0.4, 0.5) is 0 Å². The van der Waals surface area contributed by atoms with Crippen LogP contribution in [0.25, 0.3) is 11.0 Å². The number of para-hydroxylation sites is 1. The van der Waals surface area contributed by atoms with Crippen molar-refractivity contribution >= 4 is 16.9 Å². The van der Waals surface area contributed by atoms with Crippen LogP contribution in [0.5, 0.6) is 0 Å². The van der Waals surface area contributed by atoms with Crippen molar-refractivity contribution in [1.29, 1.82) is 0 Å². The molecule has 0 spiro atoms. The quantitative estimate of drug-likeness (QED) is 0.750. The molecule has 4 rings (SSSR count). The lowest BCUT2D eigenvalue weighted by molar-refractivity contribution is -0.133. The van der Waals surface area contributed by atoms with Crippen LogP contribution in [0, 0.1) is 0 Å². The normalized spacial score (nSPS) is 15.2. The largest absolute Gasteiger partial charge is 0.387 e. The second-order valence-electron chi connectivity index (χ2n) is 6.57. The minimum absolute atomic E-state index is 0.0922. The molecule has 0 aliphatic carbocycles. The van der Waals surface area contributed by atoms with E-state index >= 15 is 0 Å². The maximum absolute atomic E-state index is 12.6. The molecular formula is C18H22N6O2. The van der Waals surface area contributed by atoms with Crippen LogP contribution in [-0.4, -0.2) is 47.2 Å². The van der Waals surface area contributed by atoms with E-state index in [1.165, 1.54) is 0 Å². The van der Waals surface area contributed by atoms with Crippen molar-refractivity contribution in [2.24, 2.45) is 0 Å². The molecule has 1 aliphatic heterocycles. The molecule has 0 radical (unpaired) electrons. The van der Waals surface area contributed by atoms with Gasteiger partial charge in [0.25, 0.3) is 0 Å². The standard InChI is InChI=1S/C18H22N6O2/c1-2-17(25)15-11-13-12-22(9-10-23(13)20-15)18(26)7-8-24-16-6-4-3-5-14(16)19-21-24/h3-6,11,17,25H,2,7-10,12H2,1H3/t17-/m1/s1. The first kappa shape index (κ1) is 16.7. The lowest BCUT2D eigenvalue weighted by Gasteiger charge is -2.27. The molecule has 26 heavy (non-hydrogen) atoms.